The third kappa shape index (κ3) is 8.33. The van der Waals surface area contributed by atoms with Gasteiger partial charge in [0.05, 0.1) is 31.3 Å². The van der Waals surface area contributed by atoms with Crippen LogP contribution < -0.4 is 14.8 Å². The zero-order valence-electron chi connectivity index (χ0n) is 31.2. The van der Waals surface area contributed by atoms with E-state index in [2.05, 4.69) is 28.4 Å². The van der Waals surface area contributed by atoms with Gasteiger partial charge < -0.3 is 29.2 Å². The van der Waals surface area contributed by atoms with Crippen LogP contribution in [0.15, 0.2) is 43.5 Å². The number of hydrogen-bond donors (Lipinski definition) is 1. The van der Waals surface area contributed by atoms with Crippen molar-refractivity contribution >= 4 is 29.0 Å². The number of rotatable bonds is 14. The lowest BCUT2D eigenvalue weighted by atomic mass is 9.85. The number of amides is 2. The molecule has 1 aromatic heterocycles. The van der Waals surface area contributed by atoms with Gasteiger partial charge in [-0.05, 0) is 73.0 Å². The summed E-state index contributed by atoms with van der Waals surface area (Å²) in [6.45, 7) is 17.9. The minimum atomic E-state index is -3.62. The number of halogens is 2. The molecule has 13 heteroatoms. The third-order valence-corrected chi connectivity index (χ3v) is 10.4. The molecule has 284 valence electrons. The fourth-order valence-electron chi connectivity index (χ4n) is 7.46. The van der Waals surface area contributed by atoms with Gasteiger partial charge in [-0.1, -0.05) is 54.2 Å². The van der Waals surface area contributed by atoms with E-state index in [0.717, 1.165) is 25.7 Å². The second-order valence-electron chi connectivity index (χ2n) is 15.8. The molecule has 2 aliphatic carbocycles. The molecule has 2 heterocycles. The van der Waals surface area contributed by atoms with Gasteiger partial charge in [-0.3, -0.25) is 4.79 Å². The van der Waals surface area contributed by atoms with Crippen molar-refractivity contribution in [1.82, 2.24) is 20.2 Å². The average molecular weight is 727 g/mol. The van der Waals surface area contributed by atoms with Gasteiger partial charge in [0.2, 0.25) is 11.8 Å². The van der Waals surface area contributed by atoms with Crippen molar-refractivity contribution in [3.63, 3.8) is 0 Å². The number of esters is 1. The lowest BCUT2D eigenvalue weighted by Gasteiger charge is -2.35. The van der Waals surface area contributed by atoms with Crippen molar-refractivity contribution in [2.75, 3.05) is 20.3 Å². The van der Waals surface area contributed by atoms with Crippen LogP contribution in [0.1, 0.15) is 72.9 Å². The molecular weight excluding hydrogens is 674 g/mol. The average Bonchev–Trinajstić information content (AvgIpc) is 3.66. The molecule has 52 heavy (non-hydrogen) atoms. The number of alkyl halides is 2. The molecule has 3 fully saturated rings. The van der Waals surface area contributed by atoms with Crippen LogP contribution in [0.3, 0.4) is 0 Å². The second kappa shape index (κ2) is 15.4. The van der Waals surface area contributed by atoms with Gasteiger partial charge in [-0.15, -0.1) is 6.58 Å². The van der Waals surface area contributed by atoms with Gasteiger partial charge in [0, 0.05) is 12.0 Å². The number of benzene rings is 1. The molecule has 2 amide bonds. The summed E-state index contributed by atoms with van der Waals surface area (Å²) >= 11 is 0. The first-order valence-corrected chi connectivity index (χ1v) is 18.1. The van der Waals surface area contributed by atoms with Crippen molar-refractivity contribution in [3.8, 4) is 11.6 Å². The van der Waals surface area contributed by atoms with Crippen LogP contribution >= 0.6 is 0 Å². The largest absolute Gasteiger partial charge is 0.497 e. The number of nitrogens with one attached hydrogen (secondary N) is 1. The van der Waals surface area contributed by atoms with Crippen LogP contribution in [0, 0.1) is 35.0 Å². The van der Waals surface area contributed by atoms with Crippen molar-refractivity contribution in [3.05, 3.63) is 49.2 Å². The smallest absolute Gasteiger partial charge is 0.408 e. The van der Waals surface area contributed by atoms with Gasteiger partial charge in [-0.25, -0.2) is 19.6 Å². The molecule has 0 bridgehead atoms. The Balaban J connectivity index is 1.43. The molecule has 1 N–H and O–H groups in total. The van der Waals surface area contributed by atoms with Crippen molar-refractivity contribution in [2.24, 2.45) is 35.0 Å². The molecule has 8 unspecified atom stereocenters. The first-order valence-electron chi connectivity index (χ1n) is 18.1. The highest BCUT2D eigenvalue weighted by Gasteiger charge is 2.55. The summed E-state index contributed by atoms with van der Waals surface area (Å²) < 4.78 is 53.6. The van der Waals surface area contributed by atoms with E-state index in [1.165, 1.54) is 18.1 Å². The highest BCUT2D eigenvalue weighted by Crippen LogP contribution is 2.57. The third-order valence-electron chi connectivity index (χ3n) is 10.4. The summed E-state index contributed by atoms with van der Waals surface area (Å²) in [5.41, 5.74) is -1.15. The first-order chi connectivity index (χ1) is 24.5. The Morgan fingerprint density at radius 1 is 1.10 bits per heavy atom. The lowest BCUT2D eigenvalue weighted by molar-refractivity contribution is -0.156. The monoisotopic (exact) mass is 726 g/mol. The van der Waals surface area contributed by atoms with E-state index in [0.29, 0.717) is 23.7 Å². The Labute approximate surface area is 304 Å². The fraction of sp³-hybridized carbons (Fsp3) is 0.615. The number of fused-ring (bicyclic) bond motifs is 2. The number of methoxy groups -OCH3 is 1. The number of carbonyl (C=O) groups is 3. The Morgan fingerprint density at radius 3 is 2.46 bits per heavy atom. The molecular formula is C39H52F2N4O7. The van der Waals surface area contributed by atoms with E-state index >= 15 is 8.78 Å². The number of hydrogen-bond acceptors (Lipinski definition) is 9. The second-order valence-corrected chi connectivity index (χ2v) is 15.8. The van der Waals surface area contributed by atoms with E-state index in [1.54, 1.807) is 39.8 Å². The summed E-state index contributed by atoms with van der Waals surface area (Å²) in [5, 5.41) is 2.81. The minimum absolute atomic E-state index is 0.0149. The Hall–Kier alpha value is -4.29. The van der Waals surface area contributed by atoms with Gasteiger partial charge in [-0.2, -0.15) is 8.78 Å². The van der Waals surface area contributed by atoms with Gasteiger partial charge in [0.15, 0.2) is 5.69 Å². The zero-order valence-corrected chi connectivity index (χ0v) is 31.2. The summed E-state index contributed by atoms with van der Waals surface area (Å²) in [4.78, 5) is 51.6. The van der Waals surface area contributed by atoms with E-state index < -0.39 is 65.0 Å². The maximum atomic E-state index is 15.3. The summed E-state index contributed by atoms with van der Waals surface area (Å²) in [7, 11) is 1.47. The molecule has 3 aliphatic rings. The molecule has 5 rings (SSSR count). The summed E-state index contributed by atoms with van der Waals surface area (Å²) in [6.07, 6.45) is 4.01. The molecule has 11 nitrogen and oxygen atoms in total. The predicted molar refractivity (Wildman–Crippen MR) is 191 cm³/mol. The summed E-state index contributed by atoms with van der Waals surface area (Å²) in [6, 6.07) is 2.37. The SMILES string of the molecule is C=CCCC1C(OC(=O)NC(C(=O)N2CC(Oc3nc4cc(OC)ccc4nc3C(F)(F)C=C)C(C)C2C(=O)OCC(C)C)C(C)(C)C)CC2CC21. The van der Waals surface area contributed by atoms with E-state index in [-0.39, 0.29) is 42.1 Å². The molecule has 1 saturated heterocycles. The Bertz CT molecular complexity index is 1680. The number of carbonyl (C=O) groups excluding carboxylic acids is 3. The maximum absolute atomic E-state index is 15.3. The quantitative estimate of drug-likeness (QED) is 0.164. The Morgan fingerprint density at radius 2 is 1.83 bits per heavy atom. The molecule has 2 aromatic rings. The topological polar surface area (TPSA) is 129 Å². The number of alkyl carbamates (subject to hydrolysis) is 1. The van der Waals surface area contributed by atoms with Gasteiger partial charge >= 0.3 is 18.0 Å². The predicted octanol–water partition coefficient (Wildman–Crippen LogP) is 6.84. The highest BCUT2D eigenvalue weighted by atomic mass is 19.3. The normalized spacial score (nSPS) is 26.0. The zero-order chi connectivity index (χ0) is 38.1. The molecule has 0 spiro atoms. The highest BCUT2D eigenvalue weighted by molar-refractivity contribution is 5.91. The molecule has 2 saturated carbocycles. The summed E-state index contributed by atoms with van der Waals surface area (Å²) in [5.74, 6) is -4.26. The van der Waals surface area contributed by atoms with Crippen molar-refractivity contribution < 1.29 is 42.1 Å². The van der Waals surface area contributed by atoms with E-state index in [1.807, 2.05) is 19.9 Å². The number of likely N-dealkylation sites (tertiary alicyclic amines) is 1. The van der Waals surface area contributed by atoms with Gasteiger partial charge in [0.1, 0.15) is 30.0 Å². The number of aromatic nitrogens is 2. The minimum Gasteiger partial charge on any atom is -0.497 e. The standard InChI is InChI=1S/C39H52F2N4O7/c1-10-12-13-25-26-16-23(26)17-29(25)52-37(48)44-33(38(6,7)8)35(46)45-19-30(22(5)31(45)36(47)50-20-21(3)4)51-34-32(39(40,41)11-2)42-27-15-14-24(49-9)18-28(27)43-34/h10-11,14-15,18,21-23,25-26,29-31,33H,1-2,12-13,16-17,19-20H2,3-9H3,(H,44,48). The first kappa shape index (κ1) is 38.9. The van der Waals surface area contributed by atoms with Crippen LogP contribution in [-0.4, -0.2) is 77.4 Å². The number of ether oxygens (including phenoxy) is 4. The van der Waals surface area contributed by atoms with E-state index in [9.17, 15) is 14.4 Å². The van der Waals surface area contributed by atoms with Crippen molar-refractivity contribution in [2.45, 2.75) is 97.4 Å². The van der Waals surface area contributed by atoms with E-state index in [4.69, 9.17) is 18.9 Å². The van der Waals surface area contributed by atoms with Crippen LogP contribution in [0.2, 0.25) is 0 Å². The molecule has 8 atom stereocenters. The van der Waals surface area contributed by atoms with Crippen LogP contribution in [0.25, 0.3) is 11.0 Å². The number of nitrogens with zero attached hydrogens (tertiary/aromatic N) is 3. The Kier molecular flexibility index (Phi) is 11.5. The fourth-order valence-corrected chi connectivity index (χ4v) is 7.46. The van der Waals surface area contributed by atoms with Crippen LogP contribution in [-0.2, 0) is 25.0 Å². The molecule has 0 radical (unpaired) electrons. The van der Waals surface area contributed by atoms with Crippen LogP contribution in [0.5, 0.6) is 11.6 Å². The maximum Gasteiger partial charge on any atom is 0.408 e. The number of allylic oxidation sites excluding steroid dienone is 2. The molecule has 1 aromatic carbocycles. The van der Waals surface area contributed by atoms with Crippen molar-refractivity contribution in [1.29, 1.82) is 0 Å². The lowest BCUT2D eigenvalue weighted by Crippen LogP contribution is -2.57. The molecule has 1 aliphatic heterocycles. The van der Waals surface area contributed by atoms with Crippen LogP contribution in [0.4, 0.5) is 13.6 Å². The van der Waals surface area contributed by atoms with Gasteiger partial charge in [0.25, 0.3) is 0 Å².